The maximum absolute atomic E-state index is 14.5. The lowest BCUT2D eigenvalue weighted by molar-refractivity contribution is 0.0692. The molecular formula is C34H37FN4O5S. The number of para-hydroxylation sites is 1. The van der Waals surface area contributed by atoms with Gasteiger partial charge in [0.2, 0.25) is 10.0 Å². The number of hydrogen-bond acceptors (Lipinski definition) is 6. The Kier molecular flexibility index (Phi) is 8.65. The molecule has 0 radical (unpaired) electrons. The highest BCUT2D eigenvalue weighted by Crippen LogP contribution is 2.45. The number of carbonyl (C=O) groups is 1. The molecule has 6 rings (SSSR count). The van der Waals surface area contributed by atoms with Gasteiger partial charge in [0, 0.05) is 56.6 Å². The summed E-state index contributed by atoms with van der Waals surface area (Å²) in [7, 11) is -0.468. The van der Waals surface area contributed by atoms with Crippen LogP contribution in [0.1, 0.15) is 48.2 Å². The van der Waals surface area contributed by atoms with Crippen molar-refractivity contribution in [3.8, 4) is 16.9 Å². The molecule has 0 saturated heterocycles. The van der Waals surface area contributed by atoms with Crippen molar-refractivity contribution in [2.45, 2.75) is 49.5 Å². The van der Waals surface area contributed by atoms with Crippen LogP contribution in [0, 0.1) is 11.7 Å². The molecule has 3 aromatic carbocycles. The van der Waals surface area contributed by atoms with Crippen LogP contribution >= 0.6 is 0 Å². The molecule has 4 aromatic rings. The molecule has 0 spiro atoms. The maximum Gasteiger partial charge on any atom is 0.338 e. The minimum absolute atomic E-state index is 0.0837. The second-order valence-electron chi connectivity index (χ2n) is 11.9. The Balaban J connectivity index is 1.52. The number of hydrogen-bond donors (Lipinski definition) is 1. The first-order valence-corrected chi connectivity index (χ1v) is 16.7. The second-order valence-corrected chi connectivity index (χ2v) is 13.8. The van der Waals surface area contributed by atoms with Crippen LogP contribution in [-0.4, -0.2) is 59.6 Å². The van der Waals surface area contributed by atoms with Gasteiger partial charge in [0.15, 0.2) is 0 Å². The Labute approximate surface area is 262 Å². The quantitative estimate of drug-likeness (QED) is 0.244. The van der Waals surface area contributed by atoms with E-state index in [2.05, 4.69) is 9.88 Å². The number of rotatable bonds is 8. The van der Waals surface area contributed by atoms with Gasteiger partial charge in [-0.3, -0.25) is 0 Å². The SMILES string of the molecule is CN1[C@H](C2CCCCC2)CN(c2ccccc2)c2cc(OCCc3cn(C)cn3)c(-c3ccc(F)c(C(=O)O)c3)cc2S1(=O)=O. The number of halogens is 1. The predicted molar refractivity (Wildman–Crippen MR) is 170 cm³/mol. The third kappa shape index (κ3) is 6.19. The fraction of sp³-hybridized carbons (Fsp3) is 0.353. The van der Waals surface area contributed by atoms with E-state index in [0.29, 0.717) is 35.5 Å². The lowest BCUT2D eigenvalue weighted by Crippen LogP contribution is -2.46. The van der Waals surface area contributed by atoms with E-state index in [0.717, 1.165) is 49.6 Å². The van der Waals surface area contributed by atoms with Crippen molar-refractivity contribution in [1.82, 2.24) is 13.9 Å². The number of carboxylic acid groups (broad SMARTS) is 1. The molecule has 236 valence electrons. The Morgan fingerprint density at radius 1 is 1.04 bits per heavy atom. The van der Waals surface area contributed by atoms with Gasteiger partial charge in [0.25, 0.3) is 0 Å². The average Bonchev–Trinajstić information content (AvgIpc) is 3.43. The van der Waals surface area contributed by atoms with E-state index < -0.39 is 27.4 Å². The van der Waals surface area contributed by atoms with Gasteiger partial charge in [-0.25, -0.2) is 22.6 Å². The lowest BCUT2D eigenvalue weighted by atomic mass is 9.83. The monoisotopic (exact) mass is 632 g/mol. The first kappa shape index (κ1) is 30.8. The minimum Gasteiger partial charge on any atom is -0.492 e. The first-order chi connectivity index (χ1) is 21.6. The number of imidazole rings is 1. The van der Waals surface area contributed by atoms with Crippen molar-refractivity contribution in [3.05, 3.63) is 90.3 Å². The average molecular weight is 633 g/mol. The molecule has 0 unspecified atom stereocenters. The summed E-state index contributed by atoms with van der Waals surface area (Å²) >= 11 is 0. The van der Waals surface area contributed by atoms with Crippen LogP contribution in [0.3, 0.4) is 0 Å². The number of nitrogens with zero attached hydrogens (tertiary/aromatic N) is 4. The third-order valence-corrected chi connectivity index (χ3v) is 10.9. The molecule has 0 amide bonds. The fourth-order valence-electron chi connectivity index (χ4n) is 6.58. The van der Waals surface area contributed by atoms with Crippen LogP contribution < -0.4 is 9.64 Å². The molecule has 1 aliphatic carbocycles. The number of aryl methyl sites for hydroxylation is 1. The number of carboxylic acids is 1. The molecular weight excluding hydrogens is 595 g/mol. The van der Waals surface area contributed by atoms with Crippen molar-refractivity contribution in [2.24, 2.45) is 13.0 Å². The molecule has 1 N–H and O–H groups in total. The van der Waals surface area contributed by atoms with Crippen LogP contribution in [0.25, 0.3) is 11.1 Å². The zero-order valence-electron chi connectivity index (χ0n) is 25.4. The molecule has 9 nitrogen and oxygen atoms in total. The molecule has 1 fully saturated rings. The number of likely N-dealkylation sites (N-methyl/N-ethyl adjacent to an activating group) is 1. The number of sulfonamides is 1. The van der Waals surface area contributed by atoms with Crippen molar-refractivity contribution in [3.63, 3.8) is 0 Å². The number of fused-ring (bicyclic) bond motifs is 1. The molecule has 1 saturated carbocycles. The zero-order chi connectivity index (χ0) is 31.7. The van der Waals surface area contributed by atoms with Gasteiger partial charge in [-0.05, 0) is 54.7 Å². The maximum atomic E-state index is 14.5. The van der Waals surface area contributed by atoms with Gasteiger partial charge in [0.05, 0.1) is 29.9 Å². The zero-order valence-corrected chi connectivity index (χ0v) is 26.2. The fourth-order valence-corrected chi connectivity index (χ4v) is 8.19. The highest BCUT2D eigenvalue weighted by atomic mass is 32.2. The highest BCUT2D eigenvalue weighted by Gasteiger charge is 2.41. The van der Waals surface area contributed by atoms with Gasteiger partial charge < -0.3 is 19.3 Å². The van der Waals surface area contributed by atoms with E-state index in [1.54, 1.807) is 25.5 Å². The Bertz CT molecular complexity index is 1800. The van der Waals surface area contributed by atoms with Gasteiger partial charge in [-0.2, -0.15) is 4.31 Å². The van der Waals surface area contributed by atoms with Crippen LogP contribution in [0.4, 0.5) is 15.8 Å². The van der Waals surface area contributed by atoms with E-state index in [4.69, 9.17) is 4.74 Å². The molecule has 45 heavy (non-hydrogen) atoms. The van der Waals surface area contributed by atoms with Crippen molar-refractivity contribution < 1.29 is 27.4 Å². The summed E-state index contributed by atoms with van der Waals surface area (Å²) in [5.74, 6) is -1.72. The van der Waals surface area contributed by atoms with Crippen molar-refractivity contribution >= 4 is 27.4 Å². The van der Waals surface area contributed by atoms with Gasteiger partial charge in [-0.1, -0.05) is 43.5 Å². The number of anilines is 2. The number of benzene rings is 3. The first-order valence-electron chi connectivity index (χ1n) is 15.2. The minimum atomic E-state index is -4.01. The van der Waals surface area contributed by atoms with E-state index in [9.17, 15) is 22.7 Å². The molecule has 1 aromatic heterocycles. The van der Waals surface area contributed by atoms with Crippen LogP contribution in [0.15, 0.2) is 78.1 Å². The Hall–Kier alpha value is -4.22. The second kappa shape index (κ2) is 12.6. The largest absolute Gasteiger partial charge is 0.492 e. The number of aromatic carboxylic acids is 1. The topological polar surface area (TPSA) is 105 Å². The van der Waals surface area contributed by atoms with E-state index >= 15 is 0 Å². The smallest absolute Gasteiger partial charge is 0.338 e. The van der Waals surface area contributed by atoms with E-state index in [1.807, 2.05) is 48.1 Å². The standard InChI is InChI=1S/C34H37FN4O5S/c1-37-20-25(36-22-37)15-16-44-32-19-30-33(18-27(32)24-13-14-29(35)28(17-24)34(40)41)45(42,43)38(2)31(23-9-5-3-6-10-23)21-39(30)26-11-7-4-8-12-26/h4,7-8,11-14,17-20,22-23,31H,3,5-6,9-10,15-16,21H2,1-2H3,(H,40,41)/t31-/m0/s1. The van der Waals surface area contributed by atoms with Crippen LogP contribution in [0.2, 0.25) is 0 Å². The summed E-state index contributed by atoms with van der Waals surface area (Å²) in [5.41, 5.74) is 2.34. The third-order valence-electron chi connectivity index (χ3n) is 8.99. The summed E-state index contributed by atoms with van der Waals surface area (Å²) in [6, 6.07) is 16.5. The van der Waals surface area contributed by atoms with E-state index in [-0.39, 0.29) is 23.5 Å². The van der Waals surface area contributed by atoms with Crippen molar-refractivity contribution in [1.29, 1.82) is 0 Å². The molecule has 1 aliphatic heterocycles. The Morgan fingerprint density at radius 3 is 2.49 bits per heavy atom. The lowest BCUT2D eigenvalue weighted by Gasteiger charge is -2.36. The highest BCUT2D eigenvalue weighted by molar-refractivity contribution is 7.89. The molecule has 11 heteroatoms. The van der Waals surface area contributed by atoms with Gasteiger partial charge in [0.1, 0.15) is 16.5 Å². The summed E-state index contributed by atoms with van der Waals surface area (Å²) in [4.78, 5) is 18.3. The van der Waals surface area contributed by atoms with Gasteiger partial charge >= 0.3 is 5.97 Å². The summed E-state index contributed by atoms with van der Waals surface area (Å²) < 4.78 is 53.1. The molecule has 2 heterocycles. The molecule has 2 aliphatic rings. The van der Waals surface area contributed by atoms with Crippen molar-refractivity contribution in [2.75, 3.05) is 25.1 Å². The van der Waals surface area contributed by atoms with E-state index in [1.165, 1.54) is 16.4 Å². The summed E-state index contributed by atoms with van der Waals surface area (Å²) in [6.45, 7) is 0.697. The Morgan fingerprint density at radius 2 is 1.80 bits per heavy atom. The number of aromatic nitrogens is 2. The van der Waals surface area contributed by atoms with Gasteiger partial charge in [-0.15, -0.1) is 0 Å². The van der Waals surface area contributed by atoms with Crippen LogP contribution in [-0.2, 0) is 23.5 Å². The van der Waals surface area contributed by atoms with Crippen LogP contribution in [0.5, 0.6) is 5.75 Å². The predicted octanol–water partition coefficient (Wildman–Crippen LogP) is 6.27. The summed E-state index contributed by atoms with van der Waals surface area (Å²) in [6.07, 6.45) is 9.32. The number of ether oxygens (including phenoxy) is 1. The normalized spacial score (nSPS) is 18.7. The molecule has 1 atom stereocenters. The molecule has 0 bridgehead atoms. The summed E-state index contributed by atoms with van der Waals surface area (Å²) in [5, 5.41) is 9.65.